The standard InChI is InChI=1S/C24H29N7O3S/c1-24(2,3)18-6-4-17(5-7-18)22-26-27-23(30(22)25)35-16-21(32)29-14-12-28(13-15-29)19-8-10-20(11-9-19)31(33)34/h4-11H,12-16,25H2,1-3H3. The van der Waals surface area contributed by atoms with Crippen molar-refractivity contribution in [1.29, 1.82) is 0 Å². The van der Waals surface area contributed by atoms with Crippen LogP contribution in [-0.2, 0) is 10.2 Å². The lowest BCUT2D eigenvalue weighted by molar-refractivity contribution is -0.384. The topological polar surface area (TPSA) is 123 Å². The van der Waals surface area contributed by atoms with Gasteiger partial charge in [0, 0.05) is 49.6 Å². The number of anilines is 1. The Morgan fingerprint density at radius 3 is 2.23 bits per heavy atom. The summed E-state index contributed by atoms with van der Waals surface area (Å²) in [6, 6.07) is 14.6. The highest BCUT2D eigenvalue weighted by atomic mass is 32.2. The van der Waals surface area contributed by atoms with Crippen molar-refractivity contribution in [3.63, 3.8) is 0 Å². The number of carbonyl (C=O) groups excluding carboxylic acids is 1. The van der Waals surface area contributed by atoms with Crippen LogP contribution >= 0.6 is 11.8 Å². The van der Waals surface area contributed by atoms with E-state index in [1.54, 1.807) is 12.1 Å². The molecule has 2 N–H and O–H groups in total. The summed E-state index contributed by atoms with van der Waals surface area (Å²) in [6.45, 7) is 8.97. The van der Waals surface area contributed by atoms with Gasteiger partial charge in [0.2, 0.25) is 11.1 Å². The summed E-state index contributed by atoms with van der Waals surface area (Å²) in [5.41, 5.74) is 3.13. The number of nitrogen functional groups attached to an aromatic ring is 1. The molecule has 1 fully saturated rings. The molecule has 1 aliphatic rings. The highest BCUT2D eigenvalue weighted by Gasteiger charge is 2.23. The van der Waals surface area contributed by atoms with Gasteiger partial charge in [0.25, 0.3) is 5.69 Å². The smallest absolute Gasteiger partial charge is 0.269 e. The first-order valence-corrected chi connectivity index (χ1v) is 12.3. The van der Waals surface area contributed by atoms with Crippen molar-refractivity contribution < 1.29 is 9.72 Å². The lowest BCUT2D eigenvalue weighted by Crippen LogP contribution is -2.49. The van der Waals surface area contributed by atoms with Crippen LogP contribution in [0.3, 0.4) is 0 Å². The molecule has 0 spiro atoms. The first kappa shape index (κ1) is 24.5. The number of nitrogens with two attached hydrogens (primary N) is 1. The van der Waals surface area contributed by atoms with E-state index in [4.69, 9.17) is 5.84 Å². The minimum atomic E-state index is -0.411. The SMILES string of the molecule is CC(C)(C)c1ccc(-c2nnc(SCC(=O)N3CCN(c4ccc([N+](=O)[O-])cc4)CC3)n2N)cc1. The Labute approximate surface area is 208 Å². The molecule has 0 bridgehead atoms. The highest BCUT2D eigenvalue weighted by molar-refractivity contribution is 7.99. The van der Waals surface area contributed by atoms with Gasteiger partial charge in [0.15, 0.2) is 5.82 Å². The number of benzene rings is 2. The Balaban J connectivity index is 1.31. The molecule has 11 heteroatoms. The second-order valence-corrected chi connectivity index (χ2v) is 10.4. The Morgan fingerprint density at radius 2 is 1.66 bits per heavy atom. The third kappa shape index (κ3) is 5.56. The third-order valence-electron chi connectivity index (χ3n) is 6.06. The number of nitrogens with zero attached hydrogens (tertiary/aromatic N) is 6. The molecule has 4 rings (SSSR count). The molecule has 3 aromatic rings. The molecule has 2 aromatic carbocycles. The minimum absolute atomic E-state index is 0.0115. The number of nitro groups is 1. The van der Waals surface area contributed by atoms with Gasteiger partial charge < -0.3 is 15.6 Å². The van der Waals surface area contributed by atoms with Gasteiger partial charge in [-0.1, -0.05) is 56.8 Å². The number of aromatic nitrogens is 3. The number of rotatable bonds is 6. The molecule has 1 amide bonds. The lowest BCUT2D eigenvalue weighted by atomic mass is 9.87. The number of non-ortho nitro benzene ring substituents is 1. The molecule has 184 valence electrons. The second kappa shape index (κ2) is 9.95. The van der Waals surface area contributed by atoms with Gasteiger partial charge in [-0.15, -0.1) is 10.2 Å². The van der Waals surface area contributed by atoms with Crippen LogP contribution in [-0.4, -0.2) is 62.5 Å². The summed E-state index contributed by atoms with van der Waals surface area (Å²) in [4.78, 5) is 27.1. The Bertz CT molecular complexity index is 1200. The van der Waals surface area contributed by atoms with E-state index in [2.05, 4.69) is 48.0 Å². The number of nitro benzene ring substituents is 1. The predicted molar refractivity (Wildman–Crippen MR) is 137 cm³/mol. The van der Waals surface area contributed by atoms with Gasteiger partial charge in [-0.25, -0.2) is 4.68 Å². The van der Waals surface area contributed by atoms with Crippen molar-refractivity contribution in [2.75, 3.05) is 42.7 Å². The first-order valence-electron chi connectivity index (χ1n) is 11.3. The fourth-order valence-corrected chi connectivity index (χ4v) is 4.67. The maximum atomic E-state index is 12.8. The first-order chi connectivity index (χ1) is 16.6. The van der Waals surface area contributed by atoms with Gasteiger partial charge in [-0.3, -0.25) is 14.9 Å². The summed E-state index contributed by atoms with van der Waals surface area (Å²) in [7, 11) is 0. The molecule has 2 heterocycles. The third-order valence-corrected chi connectivity index (χ3v) is 6.98. The van der Waals surface area contributed by atoms with E-state index in [-0.39, 0.29) is 22.8 Å². The molecule has 10 nitrogen and oxygen atoms in total. The van der Waals surface area contributed by atoms with E-state index >= 15 is 0 Å². The predicted octanol–water partition coefficient (Wildman–Crippen LogP) is 3.31. The Kier molecular flexibility index (Phi) is 6.97. The molecular weight excluding hydrogens is 466 g/mol. The highest BCUT2D eigenvalue weighted by Crippen LogP contribution is 2.27. The monoisotopic (exact) mass is 495 g/mol. The largest absolute Gasteiger partial charge is 0.368 e. The lowest BCUT2D eigenvalue weighted by Gasteiger charge is -2.36. The van der Waals surface area contributed by atoms with E-state index in [9.17, 15) is 14.9 Å². The maximum Gasteiger partial charge on any atom is 0.269 e. The fourth-order valence-electron chi connectivity index (χ4n) is 3.91. The van der Waals surface area contributed by atoms with Crippen molar-refractivity contribution in [3.05, 3.63) is 64.2 Å². The van der Waals surface area contributed by atoms with Crippen LogP contribution in [0.2, 0.25) is 0 Å². The van der Waals surface area contributed by atoms with Gasteiger partial charge >= 0.3 is 0 Å². The molecule has 1 saturated heterocycles. The quantitative estimate of drug-likeness (QED) is 0.239. The number of hydrogen-bond acceptors (Lipinski definition) is 8. The molecule has 0 saturated carbocycles. The number of thioether (sulfide) groups is 1. The maximum absolute atomic E-state index is 12.8. The fraction of sp³-hybridized carbons (Fsp3) is 0.375. The normalized spacial score (nSPS) is 14.3. The van der Waals surface area contributed by atoms with Gasteiger partial charge in [-0.2, -0.15) is 0 Å². The van der Waals surface area contributed by atoms with E-state index < -0.39 is 4.92 Å². The number of piperazine rings is 1. The van der Waals surface area contributed by atoms with Crippen LogP contribution in [0.4, 0.5) is 11.4 Å². The minimum Gasteiger partial charge on any atom is -0.368 e. The van der Waals surface area contributed by atoms with E-state index in [0.717, 1.165) is 11.3 Å². The molecule has 0 atom stereocenters. The van der Waals surface area contributed by atoms with Crippen molar-refractivity contribution in [2.45, 2.75) is 31.3 Å². The Hall–Kier alpha value is -3.60. The summed E-state index contributed by atoms with van der Waals surface area (Å²) in [5.74, 6) is 7.02. The number of amides is 1. The summed E-state index contributed by atoms with van der Waals surface area (Å²) in [6.07, 6.45) is 0. The van der Waals surface area contributed by atoms with Crippen LogP contribution in [0.5, 0.6) is 0 Å². The molecule has 1 aliphatic heterocycles. The second-order valence-electron chi connectivity index (χ2n) is 9.43. The van der Waals surface area contributed by atoms with Crippen LogP contribution in [0, 0.1) is 10.1 Å². The number of hydrogen-bond donors (Lipinski definition) is 1. The van der Waals surface area contributed by atoms with Crippen molar-refractivity contribution >= 4 is 29.0 Å². The molecule has 1 aromatic heterocycles. The molecule has 0 aliphatic carbocycles. The Morgan fingerprint density at radius 1 is 1.03 bits per heavy atom. The van der Waals surface area contributed by atoms with Gasteiger partial charge in [0.05, 0.1) is 10.7 Å². The zero-order valence-corrected chi connectivity index (χ0v) is 20.9. The van der Waals surface area contributed by atoms with E-state index in [1.807, 2.05) is 17.0 Å². The molecule has 0 unspecified atom stereocenters. The zero-order valence-electron chi connectivity index (χ0n) is 20.0. The van der Waals surface area contributed by atoms with Gasteiger partial charge in [-0.05, 0) is 23.1 Å². The summed E-state index contributed by atoms with van der Waals surface area (Å²) < 4.78 is 1.43. The van der Waals surface area contributed by atoms with Crippen LogP contribution < -0.4 is 10.7 Å². The van der Waals surface area contributed by atoms with Crippen LogP contribution in [0.1, 0.15) is 26.3 Å². The van der Waals surface area contributed by atoms with Crippen molar-refractivity contribution in [1.82, 2.24) is 19.8 Å². The zero-order chi connectivity index (χ0) is 25.2. The van der Waals surface area contributed by atoms with Crippen molar-refractivity contribution in [2.24, 2.45) is 0 Å². The molecular formula is C24H29N7O3S. The summed E-state index contributed by atoms with van der Waals surface area (Å²) in [5, 5.41) is 19.7. The average Bonchev–Trinajstić information content (AvgIpc) is 3.22. The number of carbonyl (C=O) groups is 1. The summed E-state index contributed by atoms with van der Waals surface area (Å²) >= 11 is 1.27. The average molecular weight is 496 g/mol. The van der Waals surface area contributed by atoms with E-state index in [1.165, 1.54) is 34.1 Å². The van der Waals surface area contributed by atoms with Gasteiger partial charge in [0.1, 0.15) is 0 Å². The van der Waals surface area contributed by atoms with Crippen LogP contribution in [0.25, 0.3) is 11.4 Å². The van der Waals surface area contributed by atoms with E-state index in [0.29, 0.717) is 37.2 Å². The molecule has 0 radical (unpaired) electrons. The molecule has 35 heavy (non-hydrogen) atoms. The van der Waals surface area contributed by atoms with Crippen LogP contribution in [0.15, 0.2) is 53.7 Å². The van der Waals surface area contributed by atoms with Crippen molar-refractivity contribution in [3.8, 4) is 11.4 Å².